The van der Waals surface area contributed by atoms with Crippen LogP contribution in [0.1, 0.15) is 18.1 Å². The minimum Gasteiger partial charge on any atom is -0.497 e. The minimum absolute atomic E-state index is 0.320. The van der Waals surface area contributed by atoms with Gasteiger partial charge in [0.05, 0.1) is 7.11 Å². The third kappa shape index (κ3) is 4.14. The van der Waals surface area contributed by atoms with Crippen LogP contribution in [0.25, 0.3) is 10.8 Å². The fraction of sp³-hybridized carbons (Fsp3) is 0.240. The number of fused-ring (bicyclic) bond motifs is 1. The zero-order valence-corrected chi connectivity index (χ0v) is 18.1. The Kier molecular flexibility index (Phi) is 5.81. The summed E-state index contributed by atoms with van der Waals surface area (Å²) in [6.45, 7) is 1.77. The van der Waals surface area contributed by atoms with Crippen LogP contribution in [0.4, 0.5) is 4.79 Å². The van der Waals surface area contributed by atoms with Crippen LogP contribution < -0.4 is 15.4 Å². The van der Waals surface area contributed by atoms with E-state index in [0.29, 0.717) is 18.5 Å². The van der Waals surface area contributed by atoms with Gasteiger partial charge in [-0.2, -0.15) is 0 Å². The molecular weight excluding hydrogens is 406 g/mol. The summed E-state index contributed by atoms with van der Waals surface area (Å²) in [5.41, 5.74) is 0.514. The highest BCUT2D eigenvalue weighted by molar-refractivity contribution is 6.09. The Hall–Kier alpha value is -3.87. The molecule has 1 atom stereocenters. The van der Waals surface area contributed by atoms with Crippen molar-refractivity contribution in [1.29, 1.82) is 0 Å². The maximum absolute atomic E-state index is 13.1. The Labute approximate surface area is 186 Å². The second-order valence-corrected chi connectivity index (χ2v) is 7.96. The van der Waals surface area contributed by atoms with Crippen molar-refractivity contribution in [3.8, 4) is 5.75 Å². The van der Waals surface area contributed by atoms with Gasteiger partial charge in [-0.15, -0.1) is 0 Å². The molecule has 0 spiro atoms. The Morgan fingerprint density at radius 3 is 2.50 bits per heavy atom. The van der Waals surface area contributed by atoms with Gasteiger partial charge in [-0.3, -0.25) is 14.5 Å². The van der Waals surface area contributed by atoms with Gasteiger partial charge in [0, 0.05) is 6.54 Å². The van der Waals surface area contributed by atoms with E-state index >= 15 is 0 Å². The molecule has 1 heterocycles. The molecule has 32 heavy (non-hydrogen) atoms. The van der Waals surface area contributed by atoms with Crippen molar-refractivity contribution in [2.75, 3.05) is 20.2 Å². The summed E-state index contributed by atoms with van der Waals surface area (Å²) >= 11 is 0. The van der Waals surface area contributed by atoms with E-state index in [0.717, 1.165) is 27.0 Å². The molecule has 0 aromatic heterocycles. The molecule has 7 nitrogen and oxygen atoms in total. The largest absolute Gasteiger partial charge is 0.497 e. The summed E-state index contributed by atoms with van der Waals surface area (Å²) < 4.78 is 5.25. The molecule has 1 aliphatic heterocycles. The van der Waals surface area contributed by atoms with Crippen molar-refractivity contribution >= 4 is 28.6 Å². The number of amides is 4. The number of ether oxygens (including phenoxy) is 1. The number of hydrogen-bond acceptors (Lipinski definition) is 4. The Morgan fingerprint density at radius 1 is 1.03 bits per heavy atom. The number of carbonyl (C=O) groups excluding carboxylic acids is 3. The first-order valence-electron chi connectivity index (χ1n) is 10.4. The topological polar surface area (TPSA) is 87.7 Å². The normalized spacial score (nSPS) is 18.0. The van der Waals surface area contributed by atoms with Crippen molar-refractivity contribution in [2.45, 2.75) is 18.9 Å². The summed E-state index contributed by atoms with van der Waals surface area (Å²) in [6, 6.07) is 20.4. The first-order chi connectivity index (χ1) is 15.4. The quantitative estimate of drug-likeness (QED) is 0.563. The smallest absolute Gasteiger partial charge is 0.325 e. The summed E-state index contributed by atoms with van der Waals surface area (Å²) in [5.74, 6) is -0.0842. The monoisotopic (exact) mass is 431 g/mol. The number of rotatable bonds is 7. The zero-order valence-electron chi connectivity index (χ0n) is 18.1. The Morgan fingerprint density at radius 2 is 1.75 bits per heavy atom. The van der Waals surface area contributed by atoms with Crippen molar-refractivity contribution < 1.29 is 19.1 Å². The van der Waals surface area contributed by atoms with E-state index in [-0.39, 0.29) is 12.5 Å². The number of imide groups is 1. The maximum atomic E-state index is 13.1. The molecule has 0 bridgehead atoms. The molecule has 164 valence electrons. The number of methoxy groups -OCH3 is 1. The van der Waals surface area contributed by atoms with Crippen LogP contribution in [0.2, 0.25) is 0 Å². The van der Waals surface area contributed by atoms with Crippen LogP contribution in [0.3, 0.4) is 0 Å². The lowest BCUT2D eigenvalue weighted by Gasteiger charge is -2.22. The van der Waals surface area contributed by atoms with Gasteiger partial charge in [0.25, 0.3) is 5.91 Å². The molecule has 1 saturated heterocycles. The maximum Gasteiger partial charge on any atom is 0.325 e. The molecule has 0 unspecified atom stereocenters. The summed E-state index contributed by atoms with van der Waals surface area (Å²) in [5, 5.41) is 7.41. The molecule has 3 aromatic carbocycles. The van der Waals surface area contributed by atoms with E-state index in [4.69, 9.17) is 4.74 Å². The SMILES string of the molecule is COc1ccc2cc([C@@]3(C)NC(=O)N(CC(=O)NCCc4ccccc4)C3=O)ccc2c1. The molecule has 1 fully saturated rings. The second kappa shape index (κ2) is 8.70. The van der Waals surface area contributed by atoms with Crippen LogP contribution in [-0.4, -0.2) is 42.9 Å². The molecule has 2 N–H and O–H groups in total. The molecule has 3 aromatic rings. The fourth-order valence-corrected chi connectivity index (χ4v) is 3.89. The van der Waals surface area contributed by atoms with Crippen molar-refractivity contribution in [3.05, 3.63) is 77.9 Å². The fourth-order valence-electron chi connectivity index (χ4n) is 3.89. The van der Waals surface area contributed by atoms with Crippen molar-refractivity contribution in [3.63, 3.8) is 0 Å². The van der Waals surface area contributed by atoms with E-state index < -0.39 is 17.5 Å². The van der Waals surface area contributed by atoms with Gasteiger partial charge in [-0.25, -0.2) is 4.79 Å². The number of benzene rings is 3. The molecule has 7 heteroatoms. The van der Waals surface area contributed by atoms with Crippen LogP contribution in [-0.2, 0) is 21.5 Å². The van der Waals surface area contributed by atoms with Crippen LogP contribution in [0.15, 0.2) is 66.7 Å². The van der Waals surface area contributed by atoms with Gasteiger partial charge in [-0.1, -0.05) is 48.5 Å². The number of nitrogens with one attached hydrogen (secondary N) is 2. The van der Waals surface area contributed by atoms with E-state index in [1.54, 1.807) is 14.0 Å². The van der Waals surface area contributed by atoms with Gasteiger partial charge in [0.15, 0.2) is 0 Å². The molecule has 0 aliphatic carbocycles. The first-order valence-corrected chi connectivity index (χ1v) is 10.4. The summed E-state index contributed by atoms with van der Waals surface area (Å²) in [6.07, 6.45) is 0.673. The first kappa shape index (κ1) is 21.4. The lowest BCUT2D eigenvalue weighted by molar-refractivity contribution is -0.134. The molecule has 4 rings (SSSR count). The van der Waals surface area contributed by atoms with Gasteiger partial charge in [0.2, 0.25) is 5.91 Å². The Bertz CT molecular complexity index is 1180. The number of nitrogens with zero attached hydrogens (tertiary/aromatic N) is 1. The van der Waals surface area contributed by atoms with Crippen molar-refractivity contribution in [1.82, 2.24) is 15.5 Å². The third-order valence-corrected chi connectivity index (χ3v) is 5.78. The number of carbonyl (C=O) groups is 3. The lowest BCUT2D eigenvalue weighted by atomic mass is 9.90. The predicted octanol–water partition coefficient (Wildman–Crippen LogP) is 2.97. The van der Waals surface area contributed by atoms with E-state index in [9.17, 15) is 14.4 Å². The highest BCUT2D eigenvalue weighted by Crippen LogP contribution is 2.31. The highest BCUT2D eigenvalue weighted by Gasteiger charge is 2.49. The second-order valence-electron chi connectivity index (χ2n) is 7.96. The van der Waals surface area contributed by atoms with Crippen LogP contribution in [0.5, 0.6) is 5.75 Å². The molecule has 0 saturated carbocycles. The standard InChI is InChI=1S/C25H25N3O4/c1-25(20-10-8-19-15-21(32-2)11-9-18(19)14-20)23(30)28(24(31)27-25)16-22(29)26-13-12-17-6-4-3-5-7-17/h3-11,14-15H,12-13,16H2,1-2H3,(H,26,29)(H,27,31)/t25-/m1/s1. The third-order valence-electron chi connectivity index (χ3n) is 5.78. The van der Waals surface area contributed by atoms with E-state index in [1.807, 2.05) is 66.7 Å². The number of urea groups is 1. The van der Waals surface area contributed by atoms with Crippen molar-refractivity contribution in [2.24, 2.45) is 0 Å². The lowest BCUT2D eigenvalue weighted by Crippen LogP contribution is -2.43. The summed E-state index contributed by atoms with van der Waals surface area (Å²) in [7, 11) is 1.61. The average Bonchev–Trinajstić information content (AvgIpc) is 3.02. The average molecular weight is 431 g/mol. The van der Waals surface area contributed by atoms with Gasteiger partial charge in [-0.05, 0) is 53.4 Å². The Balaban J connectivity index is 1.44. The van der Waals surface area contributed by atoms with Gasteiger partial charge in [0.1, 0.15) is 17.8 Å². The summed E-state index contributed by atoms with van der Waals surface area (Å²) in [4.78, 5) is 39.0. The van der Waals surface area contributed by atoms with E-state index in [1.165, 1.54) is 0 Å². The molecule has 1 aliphatic rings. The van der Waals surface area contributed by atoms with E-state index in [2.05, 4.69) is 10.6 Å². The zero-order chi connectivity index (χ0) is 22.7. The highest BCUT2D eigenvalue weighted by atomic mass is 16.5. The number of hydrogen-bond donors (Lipinski definition) is 2. The predicted molar refractivity (Wildman–Crippen MR) is 121 cm³/mol. The molecule has 4 amide bonds. The van der Waals surface area contributed by atoms with Gasteiger partial charge < -0.3 is 15.4 Å². The molecular formula is C25H25N3O4. The van der Waals surface area contributed by atoms with Crippen LogP contribution in [0, 0.1) is 0 Å². The minimum atomic E-state index is -1.24. The van der Waals surface area contributed by atoms with Crippen LogP contribution >= 0.6 is 0 Å². The van der Waals surface area contributed by atoms with Gasteiger partial charge >= 0.3 is 6.03 Å². The molecule has 0 radical (unpaired) electrons.